The predicted octanol–water partition coefficient (Wildman–Crippen LogP) is 0.916. The molecule has 0 aliphatic carbocycles. The molecule has 26 heavy (non-hydrogen) atoms. The van der Waals surface area contributed by atoms with Crippen molar-refractivity contribution < 1.29 is 14.1 Å². The summed E-state index contributed by atoms with van der Waals surface area (Å²) in [6.45, 7) is 4.99. The second-order valence-electron chi connectivity index (χ2n) is 6.42. The molecule has 0 bridgehead atoms. The van der Waals surface area contributed by atoms with E-state index in [0.717, 1.165) is 18.7 Å². The van der Waals surface area contributed by atoms with Gasteiger partial charge in [-0.05, 0) is 6.92 Å². The zero-order valence-electron chi connectivity index (χ0n) is 15.2. The van der Waals surface area contributed by atoms with Crippen LogP contribution in [0.15, 0.2) is 34.9 Å². The highest BCUT2D eigenvalue weighted by Gasteiger charge is 2.29. The molecule has 1 aromatic heterocycles. The average molecular weight is 359 g/mol. The topological polar surface area (TPSA) is 97.7 Å². The Morgan fingerprint density at radius 1 is 1.27 bits per heavy atom. The monoisotopic (exact) mass is 359 g/mol. The Kier molecular flexibility index (Phi) is 5.97. The first-order valence-corrected chi connectivity index (χ1v) is 8.76. The summed E-state index contributed by atoms with van der Waals surface area (Å²) in [5, 5.41) is 4.08. The number of piperazine rings is 1. The number of ether oxygens (including phenoxy) is 1. The van der Waals surface area contributed by atoms with Crippen LogP contribution in [0.5, 0.6) is 0 Å². The molecule has 2 unspecified atom stereocenters. The van der Waals surface area contributed by atoms with Crippen LogP contribution in [0.3, 0.4) is 0 Å². The Hall–Kier alpha value is -2.29. The van der Waals surface area contributed by atoms with Crippen LogP contribution in [0, 0.1) is 0 Å². The van der Waals surface area contributed by atoms with E-state index in [0.29, 0.717) is 24.8 Å². The Labute approximate surface area is 152 Å². The Morgan fingerprint density at radius 2 is 1.96 bits per heavy atom. The second-order valence-corrected chi connectivity index (χ2v) is 6.42. The van der Waals surface area contributed by atoms with E-state index in [9.17, 15) is 4.79 Å². The molecule has 3 rings (SSSR count). The minimum Gasteiger partial charge on any atom is -0.383 e. The fourth-order valence-corrected chi connectivity index (χ4v) is 3.08. The first kappa shape index (κ1) is 18.5. The number of hydrogen-bond acceptors (Lipinski definition) is 7. The van der Waals surface area contributed by atoms with Crippen molar-refractivity contribution in [1.29, 1.82) is 0 Å². The van der Waals surface area contributed by atoms with E-state index in [-0.39, 0.29) is 18.6 Å². The summed E-state index contributed by atoms with van der Waals surface area (Å²) in [7, 11) is 1.54. The number of hydrogen-bond donors (Lipinski definition) is 1. The fourth-order valence-electron chi connectivity index (χ4n) is 3.08. The maximum Gasteiger partial charge on any atom is 0.244 e. The molecule has 1 aliphatic rings. The van der Waals surface area contributed by atoms with E-state index in [1.54, 1.807) is 12.0 Å². The summed E-state index contributed by atoms with van der Waals surface area (Å²) >= 11 is 0. The van der Waals surface area contributed by atoms with Gasteiger partial charge in [-0.25, -0.2) is 0 Å². The third-order valence-corrected chi connectivity index (χ3v) is 4.67. The molecule has 0 radical (unpaired) electrons. The van der Waals surface area contributed by atoms with Crippen LogP contribution in [-0.2, 0) is 9.53 Å². The van der Waals surface area contributed by atoms with E-state index in [1.807, 2.05) is 37.3 Å². The van der Waals surface area contributed by atoms with Gasteiger partial charge in [-0.1, -0.05) is 35.5 Å². The Bertz CT molecular complexity index is 713. The number of nitrogens with two attached hydrogens (primary N) is 1. The van der Waals surface area contributed by atoms with Crippen LogP contribution in [0.2, 0.25) is 0 Å². The van der Waals surface area contributed by atoms with Crippen molar-refractivity contribution in [3.05, 3.63) is 36.2 Å². The zero-order valence-corrected chi connectivity index (χ0v) is 15.2. The van der Waals surface area contributed by atoms with Gasteiger partial charge < -0.3 is 19.9 Å². The van der Waals surface area contributed by atoms with Crippen molar-refractivity contribution in [2.45, 2.75) is 19.0 Å². The van der Waals surface area contributed by atoms with Gasteiger partial charge in [0.05, 0.1) is 12.6 Å². The van der Waals surface area contributed by atoms with Crippen LogP contribution in [0.25, 0.3) is 11.4 Å². The quantitative estimate of drug-likeness (QED) is 0.819. The molecule has 1 amide bonds. The summed E-state index contributed by atoms with van der Waals surface area (Å²) in [5.41, 5.74) is 6.77. The van der Waals surface area contributed by atoms with E-state index in [1.165, 1.54) is 0 Å². The SMILES string of the molecule is COCC(N)C(=O)N1CCN(C(C)c2nc(-c3ccccc3)no2)CC1. The van der Waals surface area contributed by atoms with Crippen LogP contribution in [-0.4, -0.2) is 71.8 Å². The number of carbonyl (C=O) groups excluding carboxylic acids is 1. The first-order valence-electron chi connectivity index (χ1n) is 8.76. The maximum atomic E-state index is 12.3. The highest BCUT2D eigenvalue weighted by Crippen LogP contribution is 2.23. The molecule has 2 N–H and O–H groups in total. The van der Waals surface area contributed by atoms with Gasteiger partial charge in [-0.2, -0.15) is 4.98 Å². The second kappa shape index (κ2) is 8.39. The largest absolute Gasteiger partial charge is 0.383 e. The molecule has 2 heterocycles. The third kappa shape index (κ3) is 4.09. The van der Waals surface area contributed by atoms with E-state index in [4.69, 9.17) is 15.0 Å². The lowest BCUT2D eigenvalue weighted by atomic mass is 10.2. The van der Waals surface area contributed by atoms with Gasteiger partial charge in [-0.15, -0.1) is 0 Å². The summed E-state index contributed by atoms with van der Waals surface area (Å²) in [5.74, 6) is 1.11. The van der Waals surface area contributed by atoms with Crippen LogP contribution >= 0.6 is 0 Å². The molecule has 0 saturated carbocycles. The number of nitrogens with zero attached hydrogens (tertiary/aromatic N) is 4. The number of rotatable bonds is 6. The van der Waals surface area contributed by atoms with Gasteiger partial charge in [0.25, 0.3) is 0 Å². The van der Waals surface area contributed by atoms with Crippen molar-refractivity contribution in [2.75, 3.05) is 39.9 Å². The summed E-state index contributed by atoms with van der Waals surface area (Å²) in [6, 6.07) is 9.13. The molecule has 0 spiro atoms. The molecule has 2 aromatic rings. The van der Waals surface area contributed by atoms with Crippen LogP contribution < -0.4 is 5.73 Å². The van der Waals surface area contributed by atoms with Crippen molar-refractivity contribution >= 4 is 5.91 Å². The van der Waals surface area contributed by atoms with Gasteiger partial charge in [-0.3, -0.25) is 9.69 Å². The molecule has 8 nitrogen and oxygen atoms in total. The van der Waals surface area contributed by atoms with E-state index < -0.39 is 6.04 Å². The number of methoxy groups -OCH3 is 1. The highest BCUT2D eigenvalue weighted by molar-refractivity contribution is 5.81. The predicted molar refractivity (Wildman–Crippen MR) is 96.2 cm³/mol. The minimum absolute atomic E-state index is 0.00939. The van der Waals surface area contributed by atoms with Crippen molar-refractivity contribution in [1.82, 2.24) is 19.9 Å². The number of carbonyl (C=O) groups is 1. The fraction of sp³-hybridized carbons (Fsp3) is 0.500. The number of amides is 1. The lowest BCUT2D eigenvalue weighted by Gasteiger charge is -2.37. The van der Waals surface area contributed by atoms with Gasteiger partial charge in [0, 0.05) is 38.9 Å². The van der Waals surface area contributed by atoms with Gasteiger partial charge in [0.1, 0.15) is 6.04 Å². The molecule has 1 aromatic carbocycles. The normalized spacial score (nSPS) is 17.9. The highest BCUT2D eigenvalue weighted by atomic mass is 16.5. The third-order valence-electron chi connectivity index (χ3n) is 4.67. The van der Waals surface area contributed by atoms with Gasteiger partial charge >= 0.3 is 0 Å². The molecule has 1 fully saturated rings. The number of aromatic nitrogens is 2. The molecule has 8 heteroatoms. The standard InChI is InChI=1S/C18H25N5O3/c1-13(17-20-16(21-26-17)14-6-4-3-5-7-14)22-8-10-23(11-9-22)18(24)15(19)12-25-2/h3-7,13,15H,8-12,19H2,1-2H3. The maximum absolute atomic E-state index is 12.3. The van der Waals surface area contributed by atoms with Crippen molar-refractivity contribution in [2.24, 2.45) is 5.73 Å². The smallest absolute Gasteiger partial charge is 0.244 e. The zero-order chi connectivity index (χ0) is 18.5. The molecular weight excluding hydrogens is 334 g/mol. The average Bonchev–Trinajstić information content (AvgIpc) is 3.18. The molecular formula is C18H25N5O3. The van der Waals surface area contributed by atoms with Crippen molar-refractivity contribution in [3.8, 4) is 11.4 Å². The van der Waals surface area contributed by atoms with Crippen molar-refractivity contribution in [3.63, 3.8) is 0 Å². The molecule has 1 saturated heterocycles. The summed E-state index contributed by atoms with van der Waals surface area (Å²) < 4.78 is 10.4. The molecule has 2 atom stereocenters. The Morgan fingerprint density at radius 3 is 2.62 bits per heavy atom. The van der Waals surface area contributed by atoms with E-state index >= 15 is 0 Å². The summed E-state index contributed by atoms with van der Waals surface area (Å²) in [6.07, 6.45) is 0. The van der Waals surface area contributed by atoms with Crippen LogP contribution in [0.1, 0.15) is 18.9 Å². The lowest BCUT2D eigenvalue weighted by Crippen LogP contribution is -2.54. The van der Waals surface area contributed by atoms with E-state index in [2.05, 4.69) is 15.0 Å². The van der Waals surface area contributed by atoms with Gasteiger partial charge in [0.15, 0.2) is 0 Å². The minimum atomic E-state index is -0.603. The first-order chi connectivity index (χ1) is 12.6. The molecule has 140 valence electrons. The molecule has 1 aliphatic heterocycles. The van der Waals surface area contributed by atoms with Gasteiger partial charge in [0.2, 0.25) is 17.6 Å². The van der Waals surface area contributed by atoms with Crippen LogP contribution in [0.4, 0.5) is 0 Å². The Balaban J connectivity index is 1.58. The number of benzene rings is 1. The summed E-state index contributed by atoms with van der Waals surface area (Å²) in [4.78, 5) is 20.8. The lowest BCUT2D eigenvalue weighted by molar-refractivity contribution is -0.135.